The molecule has 86 valence electrons. The lowest BCUT2D eigenvalue weighted by molar-refractivity contribution is -0.136. The third kappa shape index (κ3) is 3.40. The molecule has 1 aromatic carbocycles. The second kappa shape index (κ2) is 5.72. The van der Waals surface area contributed by atoms with Crippen molar-refractivity contribution in [3.63, 3.8) is 0 Å². The largest absolute Gasteiger partial charge is 0.481 e. The van der Waals surface area contributed by atoms with Crippen LogP contribution in [0.1, 0.15) is 6.42 Å². The predicted molar refractivity (Wildman–Crippen MR) is 62.1 cm³/mol. The molecule has 0 heterocycles. The van der Waals surface area contributed by atoms with Crippen LogP contribution in [0.25, 0.3) is 0 Å². The van der Waals surface area contributed by atoms with Gasteiger partial charge in [-0.3, -0.25) is 9.59 Å². The number of carboxylic acids is 1. The first-order valence-corrected chi connectivity index (χ1v) is 5.19. The zero-order valence-corrected chi connectivity index (χ0v) is 9.70. The maximum absolute atomic E-state index is 10.8. The molecule has 1 N–H and O–H groups in total. The summed E-state index contributed by atoms with van der Waals surface area (Å²) in [6.45, 7) is 0.0545. The number of carboxylic acid groups (broad SMARTS) is 1. The van der Waals surface area contributed by atoms with Crippen LogP contribution in [-0.2, 0) is 9.59 Å². The highest BCUT2D eigenvalue weighted by Gasteiger charge is 2.11. The predicted octanol–water partition coefficient (Wildman–Crippen LogP) is 2.43. The maximum atomic E-state index is 10.8. The summed E-state index contributed by atoms with van der Waals surface area (Å²) in [5.74, 6) is -0.981. The summed E-state index contributed by atoms with van der Waals surface area (Å²) in [6, 6.07) is 4.66. The van der Waals surface area contributed by atoms with Crippen LogP contribution in [0.2, 0.25) is 10.0 Å². The summed E-state index contributed by atoms with van der Waals surface area (Å²) in [5.41, 5.74) is 0.408. The number of rotatable bonds is 5. The van der Waals surface area contributed by atoms with Crippen molar-refractivity contribution in [2.24, 2.45) is 0 Å². The standard InChI is InChI=1S/C10H9Cl2NO3/c11-7-1-2-8(12)9(5-7)13(6-14)4-3-10(15)16/h1-2,5-6H,3-4H2,(H,15,16). The van der Waals surface area contributed by atoms with Gasteiger partial charge in [0.25, 0.3) is 0 Å². The molecule has 0 saturated heterocycles. The van der Waals surface area contributed by atoms with E-state index < -0.39 is 5.97 Å². The number of aliphatic carboxylic acids is 1. The molecule has 0 saturated carbocycles. The normalized spacial score (nSPS) is 9.88. The first-order chi connectivity index (χ1) is 7.54. The van der Waals surface area contributed by atoms with E-state index in [1.54, 1.807) is 12.1 Å². The molecule has 0 aliphatic heterocycles. The van der Waals surface area contributed by atoms with E-state index in [0.717, 1.165) is 0 Å². The van der Waals surface area contributed by atoms with Crippen molar-refractivity contribution in [1.29, 1.82) is 0 Å². The molecule has 0 aliphatic carbocycles. The summed E-state index contributed by atoms with van der Waals surface area (Å²) in [7, 11) is 0. The molecule has 0 bridgehead atoms. The number of amides is 1. The van der Waals surface area contributed by atoms with Gasteiger partial charge in [-0.1, -0.05) is 23.2 Å². The van der Waals surface area contributed by atoms with Crippen molar-refractivity contribution in [2.75, 3.05) is 11.4 Å². The van der Waals surface area contributed by atoms with Crippen molar-refractivity contribution < 1.29 is 14.7 Å². The van der Waals surface area contributed by atoms with Crippen molar-refractivity contribution in [3.8, 4) is 0 Å². The number of hydrogen-bond donors (Lipinski definition) is 1. The molecular weight excluding hydrogens is 253 g/mol. The Kier molecular flexibility index (Phi) is 4.58. The molecule has 0 unspecified atom stereocenters. The van der Waals surface area contributed by atoms with Crippen LogP contribution in [0.4, 0.5) is 5.69 Å². The summed E-state index contributed by atoms with van der Waals surface area (Å²) >= 11 is 11.6. The second-order valence-corrected chi connectivity index (χ2v) is 3.88. The molecule has 0 aliphatic rings. The van der Waals surface area contributed by atoms with Gasteiger partial charge >= 0.3 is 5.97 Å². The summed E-state index contributed by atoms with van der Waals surface area (Å²) in [6.07, 6.45) is 0.377. The van der Waals surface area contributed by atoms with E-state index in [9.17, 15) is 9.59 Å². The van der Waals surface area contributed by atoms with Gasteiger partial charge in [-0.05, 0) is 18.2 Å². The van der Waals surface area contributed by atoms with Crippen LogP contribution in [0.5, 0.6) is 0 Å². The number of anilines is 1. The van der Waals surface area contributed by atoms with Crippen molar-refractivity contribution >= 4 is 41.3 Å². The molecular formula is C10H9Cl2NO3. The number of carbonyl (C=O) groups is 2. The molecule has 6 heteroatoms. The third-order valence-corrected chi connectivity index (χ3v) is 2.47. The minimum Gasteiger partial charge on any atom is -0.481 e. The van der Waals surface area contributed by atoms with Gasteiger partial charge in [-0.2, -0.15) is 0 Å². The molecule has 0 atom stereocenters. The topological polar surface area (TPSA) is 57.6 Å². The molecule has 0 spiro atoms. The Morgan fingerprint density at radius 1 is 1.44 bits per heavy atom. The molecule has 1 rings (SSSR count). The lowest BCUT2D eigenvalue weighted by Gasteiger charge is -2.17. The van der Waals surface area contributed by atoms with Gasteiger partial charge in [0.2, 0.25) is 6.41 Å². The first kappa shape index (κ1) is 12.8. The lowest BCUT2D eigenvalue weighted by atomic mass is 10.3. The van der Waals surface area contributed by atoms with Gasteiger partial charge in [0.05, 0.1) is 17.1 Å². The third-order valence-electron chi connectivity index (χ3n) is 1.91. The fourth-order valence-electron chi connectivity index (χ4n) is 1.15. The highest BCUT2D eigenvalue weighted by molar-refractivity contribution is 6.35. The Labute approximate surface area is 102 Å². The van der Waals surface area contributed by atoms with Crippen molar-refractivity contribution in [1.82, 2.24) is 0 Å². The van der Waals surface area contributed by atoms with E-state index >= 15 is 0 Å². The SMILES string of the molecule is O=CN(CCC(=O)O)c1cc(Cl)ccc1Cl. The van der Waals surface area contributed by atoms with Gasteiger partial charge in [-0.15, -0.1) is 0 Å². The Balaban J connectivity index is 2.89. The molecule has 0 aromatic heterocycles. The summed E-state index contributed by atoms with van der Waals surface area (Å²) in [5, 5.41) is 9.31. The molecule has 4 nitrogen and oxygen atoms in total. The van der Waals surface area contributed by atoms with Crippen LogP contribution >= 0.6 is 23.2 Å². The molecule has 16 heavy (non-hydrogen) atoms. The van der Waals surface area contributed by atoms with Crippen LogP contribution < -0.4 is 4.90 Å². The average molecular weight is 262 g/mol. The number of benzene rings is 1. The van der Waals surface area contributed by atoms with E-state index in [-0.39, 0.29) is 13.0 Å². The average Bonchev–Trinajstić information content (AvgIpc) is 2.23. The Morgan fingerprint density at radius 3 is 2.69 bits per heavy atom. The fraction of sp³-hybridized carbons (Fsp3) is 0.200. The molecule has 1 aromatic rings. The lowest BCUT2D eigenvalue weighted by Crippen LogP contribution is -2.24. The summed E-state index contributed by atoms with van der Waals surface area (Å²) in [4.78, 5) is 22.4. The first-order valence-electron chi connectivity index (χ1n) is 4.43. The molecule has 0 radical (unpaired) electrons. The zero-order valence-electron chi connectivity index (χ0n) is 8.19. The second-order valence-electron chi connectivity index (χ2n) is 3.04. The van der Waals surface area contributed by atoms with E-state index in [0.29, 0.717) is 22.1 Å². The van der Waals surface area contributed by atoms with E-state index in [1.807, 2.05) is 0 Å². The zero-order chi connectivity index (χ0) is 12.1. The number of hydrogen-bond acceptors (Lipinski definition) is 2. The van der Waals surface area contributed by atoms with Gasteiger partial charge < -0.3 is 10.0 Å². The molecule has 1 amide bonds. The Bertz CT molecular complexity index is 409. The Morgan fingerprint density at radius 2 is 2.12 bits per heavy atom. The van der Waals surface area contributed by atoms with Gasteiger partial charge in [0.15, 0.2) is 0 Å². The van der Waals surface area contributed by atoms with Crippen LogP contribution in [-0.4, -0.2) is 24.0 Å². The quantitative estimate of drug-likeness (QED) is 0.829. The van der Waals surface area contributed by atoms with E-state index in [1.165, 1.54) is 11.0 Å². The van der Waals surface area contributed by atoms with E-state index in [4.69, 9.17) is 28.3 Å². The minimum atomic E-state index is -0.981. The Hall–Kier alpha value is -1.26. The number of nitrogens with zero attached hydrogens (tertiary/aromatic N) is 1. The monoisotopic (exact) mass is 261 g/mol. The highest BCUT2D eigenvalue weighted by atomic mass is 35.5. The maximum Gasteiger partial charge on any atom is 0.305 e. The summed E-state index contributed by atoms with van der Waals surface area (Å²) < 4.78 is 0. The van der Waals surface area contributed by atoms with Gasteiger partial charge in [0, 0.05) is 11.6 Å². The number of halogens is 2. The van der Waals surface area contributed by atoms with Gasteiger partial charge in [0.1, 0.15) is 0 Å². The number of carbonyl (C=O) groups excluding carboxylic acids is 1. The van der Waals surface area contributed by atoms with Crippen LogP contribution in [0, 0.1) is 0 Å². The van der Waals surface area contributed by atoms with Crippen LogP contribution in [0.15, 0.2) is 18.2 Å². The van der Waals surface area contributed by atoms with Crippen molar-refractivity contribution in [2.45, 2.75) is 6.42 Å². The highest BCUT2D eigenvalue weighted by Crippen LogP contribution is 2.28. The molecule has 0 fully saturated rings. The van der Waals surface area contributed by atoms with Gasteiger partial charge in [-0.25, -0.2) is 0 Å². The van der Waals surface area contributed by atoms with Crippen LogP contribution in [0.3, 0.4) is 0 Å². The fourth-order valence-corrected chi connectivity index (χ4v) is 1.54. The smallest absolute Gasteiger partial charge is 0.305 e. The van der Waals surface area contributed by atoms with Crippen molar-refractivity contribution in [3.05, 3.63) is 28.2 Å². The van der Waals surface area contributed by atoms with E-state index in [2.05, 4.69) is 0 Å². The minimum absolute atomic E-state index is 0.0545.